The summed E-state index contributed by atoms with van der Waals surface area (Å²) in [6, 6.07) is 3.55. The molecular weight excluding hydrogens is 437 g/mol. The Morgan fingerprint density at radius 1 is 1.33 bits per heavy atom. The average Bonchev–Trinajstić information content (AvgIpc) is 2.78. The van der Waals surface area contributed by atoms with Gasteiger partial charge in [-0.2, -0.15) is 13.2 Å². The number of fused-ring (bicyclic) bond motifs is 1. The first-order valence-electron chi connectivity index (χ1n) is 10.7. The highest BCUT2D eigenvalue weighted by atomic mass is 19.4. The van der Waals surface area contributed by atoms with Gasteiger partial charge in [0.05, 0.1) is 23.3 Å². The molecule has 0 aromatic carbocycles. The lowest BCUT2D eigenvalue weighted by Gasteiger charge is -2.30. The van der Waals surface area contributed by atoms with Crippen molar-refractivity contribution in [3.8, 4) is 0 Å². The molecule has 2 aromatic heterocycles. The van der Waals surface area contributed by atoms with Crippen molar-refractivity contribution in [2.45, 2.75) is 51.4 Å². The summed E-state index contributed by atoms with van der Waals surface area (Å²) in [5.41, 5.74) is 0.939. The first-order chi connectivity index (χ1) is 15.6. The Morgan fingerprint density at radius 2 is 2.12 bits per heavy atom. The summed E-state index contributed by atoms with van der Waals surface area (Å²) in [6.45, 7) is 1.06. The van der Waals surface area contributed by atoms with Gasteiger partial charge >= 0.3 is 12.1 Å². The molecular formula is C23H23F3N4O3. The van der Waals surface area contributed by atoms with E-state index in [4.69, 9.17) is 0 Å². The highest BCUT2D eigenvalue weighted by molar-refractivity contribution is 5.92. The van der Waals surface area contributed by atoms with Crippen molar-refractivity contribution in [1.82, 2.24) is 14.5 Å². The maximum Gasteiger partial charge on any atom is 0.396 e. The Hall–Kier alpha value is -3.43. The van der Waals surface area contributed by atoms with E-state index in [1.165, 1.54) is 24.4 Å². The van der Waals surface area contributed by atoms with Crippen molar-refractivity contribution in [2.75, 3.05) is 5.32 Å². The zero-order valence-electron chi connectivity index (χ0n) is 17.9. The number of anilines is 1. The Morgan fingerprint density at radius 3 is 2.79 bits per heavy atom. The number of nitrogens with one attached hydrogen (secondary N) is 1. The van der Waals surface area contributed by atoms with Crippen LogP contribution in [-0.4, -0.2) is 37.8 Å². The van der Waals surface area contributed by atoms with E-state index in [1.54, 1.807) is 6.92 Å². The van der Waals surface area contributed by atoms with Crippen molar-refractivity contribution < 1.29 is 23.1 Å². The van der Waals surface area contributed by atoms with Gasteiger partial charge in [-0.05, 0) is 50.3 Å². The van der Waals surface area contributed by atoms with Gasteiger partial charge in [-0.3, -0.25) is 9.36 Å². The smallest absolute Gasteiger partial charge is 0.396 e. The second-order valence-electron chi connectivity index (χ2n) is 8.23. The molecule has 2 aromatic rings. The summed E-state index contributed by atoms with van der Waals surface area (Å²) < 4.78 is 42.1. The Balaban J connectivity index is 1.79. The number of carboxylic acid groups (broad SMARTS) is 1. The fourth-order valence-electron chi connectivity index (χ4n) is 4.22. The van der Waals surface area contributed by atoms with Crippen LogP contribution in [0.1, 0.15) is 54.6 Å². The van der Waals surface area contributed by atoms with Crippen LogP contribution in [-0.2, 0) is 6.54 Å². The van der Waals surface area contributed by atoms with Crippen molar-refractivity contribution in [1.29, 1.82) is 0 Å². The number of halogens is 3. The molecule has 0 spiro atoms. The predicted octanol–water partition coefficient (Wildman–Crippen LogP) is 4.37. The number of carboxylic acids is 1. The molecule has 4 rings (SSSR count). The van der Waals surface area contributed by atoms with E-state index < -0.39 is 36.2 Å². The molecule has 0 fully saturated rings. The lowest BCUT2D eigenvalue weighted by molar-refractivity contribution is -0.164. The molecule has 10 heteroatoms. The molecule has 2 atom stereocenters. The molecule has 1 aliphatic carbocycles. The van der Waals surface area contributed by atoms with Crippen LogP contribution in [0.25, 0.3) is 11.1 Å². The SMILES string of the molecule is C[C@@H](Nc1cccnc1C(=O)O)C1=CC(C(F)(F)F)Cn2c1nc(C1=CCCCC1)cc2=O. The molecule has 0 saturated heterocycles. The highest BCUT2D eigenvalue weighted by Crippen LogP contribution is 2.36. The number of aromatic nitrogens is 3. The van der Waals surface area contributed by atoms with Crippen LogP contribution < -0.4 is 10.9 Å². The molecule has 2 aliphatic rings. The van der Waals surface area contributed by atoms with Gasteiger partial charge < -0.3 is 10.4 Å². The summed E-state index contributed by atoms with van der Waals surface area (Å²) in [7, 11) is 0. The van der Waals surface area contributed by atoms with Crippen LogP contribution >= 0.6 is 0 Å². The first-order valence-corrected chi connectivity index (χ1v) is 10.7. The van der Waals surface area contributed by atoms with Gasteiger partial charge in [0.1, 0.15) is 5.82 Å². The van der Waals surface area contributed by atoms with Gasteiger partial charge in [-0.15, -0.1) is 0 Å². The van der Waals surface area contributed by atoms with E-state index in [0.29, 0.717) is 5.69 Å². The maximum absolute atomic E-state index is 13.7. The molecule has 0 bridgehead atoms. The fraction of sp³-hybridized carbons (Fsp3) is 0.391. The van der Waals surface area contributed by atoms with Gasteiger partial charge in [0.25, 0.3) is 5.56 Å². The van der Waals surface area contributed by atoms with Crippen molar-refractivity contribution in [3.63, 3.8) is 0 Å². The highest BCUT2D eigenvalue weighted by Gasteiger charge is 2.42. The Labute approximate surface area is 187 Å². The lowest BCUT2D eigenvalue weighted by atomic mass is 9.94. The van der Waals surface area contributed by atoms with Crippen LogP contribution in [0.4, 0.5) is 18.9 Å². The second kappa shape index (κ2) is 8.84. The summed E-state index contributed by atoms with van der Waals surface area (Å²) in [6.07, 6.45) is 3.49. The first kappa shape index (κ1) is 22.8. The topological polar surface area (TPSA) is 97.1 Å². The number of rotatable bonds is 5. The number of allylic oxidation sites excluding steroid dienone is 3. The molecule has 3 heterocycles. The van der Waals surface area contributed by atoms with Crippen molar-refractivity contribution in [3.05, 3.63) is 64.1 Å². The van der Waals surface area contributed by atoms with Crippen LogP contribution in [0.5, 0.6) is 0 Å². The van der Waals surface area contributed by atoms with E-state index in [9.17, 15) is 27.9 Å². The van der Waals surface area contributed by atoms with E-state index in [1.807, 2.05) is 6.08 Å². The third-order valence-electron chi connectivity index (χ3n) is 5.92. The number of hydrogen-bond donors (Lipinski definition) is 2. The maximum atomic E-state index is 13.7. The third kappa shape index (κ3) is 4.69. The molecule has 0 saturated carbocycles. The van der Waals surface area contributed by atoms with Gasteiger partial charge in [-0.1, -0.05) is 12.2 Å². The minimum absolute atomic E-state index is 0.158. The Bertz CT molecular complexity index is 1200. The number of carbonyl (C=O) groups is 1. The molecule has 174 valence electrons. The summed E-state index contributed by atoms with van der Waals surface area (Å²) in [4.78, 5) is 32.8. The quantitative estimate of drug-likeness (QED) is 0.688. The molecule has 2 N–H and O–H groups in total. The second-order valence-corrected chi connectivity index (χ2v) is 8.23. The summed E-state index contributed by atoms with van der Waals surface area (Å²) in [5, 5.41) is 12.3. The van der Waals surface area contributed by atoms with Crippen LogP contribution in [0, 0.1) is 5.92 Å². The molecule has 1 aliphatic heterocycles. The zero-order valence-corrected chi connectivity index (χ0v) is 17.9. The number of aromatic carboxylic acids is 1. The summed E-state index contributed by atoms with van der Waals surface area (Å²) in [5.74, 6) is -2.97. The lowest BCUT2D eigenvalue weighted by Crippen LogP contribution is -2.38. The minimum atomic E-state index is -4.55. The number of nitrogens with zero attached hydrogens (tertiary/aromatic N) is 3. The third-order valence-corrected chi connectivity index (χ3v) is 5.92. The molecule has 1 unspecified atom stereocenters. The normalized spacial score (nSPS) is 19.2. The minimum Gasteiger partial charge on any atom is -0.476 e. The van der Waals surface area contributed by atoms with Gasteiger partial charge in [0, 0.05) is 24.4 Å². The van der Waals surface area contributed by atoms with Crippen molar-refractivity contribution in [2.24, 2.45) is 5.92 Å². The van der Waals surface area contributed by atoms with Crippen LogP contribution in [0.3, 0.4) is 0 Å². The molecule has 7 nitrogen and oxygen atoms in total. The molecule has 0 amide bonds. The van der Waals surface area contributed by atoms with Gasteiger partial charge in [0.15, 0.2) is 5.69 Å². The van der Waals surface area contributed by atoms with Crippen molar-refractivity contribution >= 4 is 22.8 Å². The van der Waals surface area contributed by atoms with Crippen LogP contribution in [0.2, 0.25) is 0 Å². The van der Waals surface area contributed by atoms with E-state index >= 15 is 0 Å². The average molecular weight is 460 g/mol. The van der Waals surface area contributed by atoms with Crippen LogP contribution in [0.15, 0.2) is 41.3 Å². The Kier molecular flexibility index (Phi) is 6.09. The monoisotopic (exact) mass is 460 g/mol. The standard InChI is InChI=1S/C23H23F3N4O3/c1-13(28-17-8-5-9-27-20(17)22(32)33)16-10-15(23(24,25)26)12-30-19(31)11-18(29-21(16)30)14-6-3-2-4-7-14/h5-6,8-11,13,15,28H,2-4,7,12H2,1H3,(H,32,33)/t13-,15?/m1/s1. The fourth-order valence-corrected chi connectivity index (χ4v) is 4.22. The molecule has 0 radical (unpaired) electrons. The number of hydrogen-bond acceptors (Lipinski definition) is 5. The predicted molar refractivity (Wildman–Crippen MR) is 117 cm³/mol. The molecule has 33 heavy (non-hydrogen) atoms. The number of alkyl halides is 3. The van der Waals surface area contributed by atoms with Gasteiger partial charge in [0.2, 0.25) is 0 Å². The number of pyridine rings is 1. The largest absolute Gasteiger partial charge is 0.476 e. The van der Waals surface area contributed by atoms with Gasteiger partial charge in [-0.25, -0.2) is 14.8 Å². The van der Waals surface area contributed by atoms with E-state index in [0.717, 1.165) is 41.9 Å². The summed E-state index contributed by atoms with van der Waals surface area (Å²) >= 11 is 0. The zero-order chi connectivity index (χ0) is 23.8. The van der Waals surface area contributed by atoms with E-state index in [-0.39, 0.29) is 22.8 Å². The van der Waals surface area contributed by atoms with E-state index in [2.05, 4.69) is 15.3 Å².